The molecule has 0 spiro atoms. The number of H-pyrrole nitrogens is 1. The molecule has 2 heterocycles. The van der Waals surface area contributed by atoms with Crippen LogP contribution in [0.2, 0.25) is 0 Å². The maximum absolute atomic E-state index is 11.2. The van der Waals surface area contributed by atoms with E-state index in [1.807, 2.05) is 36.4 Å². The zero-order valence-corrected chi connectivity index (χ0v) is 16.7. The number of hydrogen-bond donors (Lipinski definition) is 1. The Labute approximate surface area is 166 Å². The molecule has 1 aliphatic rings. The molecule has 2 aromatic rings. The van der Waals surface area contributed by atoms with Gasteiger partial charge < -0.3 is 4.74 Å². The lowest BCUT2D eigenvalue weighted by molar-refractivity contribution is -0.152. The summed E-state index contributed by atoms with van der Waals surface area (Å²) >= 11 is 0. The molecule has 28 heavy (non-hydrogen) atoms. The highest BCUT2D eigenvalue weighted by Gasteiger charge is 2.30. The highest BCUT2D eigenvalue weighted by Crippen LogP contribution is 2.18. The van der Waals surface area contributed by atoms with Crippen LogP contribution in [0.25, 0.3) is 11.0 Å². The van der Waals surface area contributed by atoms with Gasteiger partial charge in [-0.1, -0.05) is 76.2 Å². The molecule has 0 amide bonds. The third-order valence-corrected chi connectivity index (χ3v) is 4.72. The zero-order valence-electron chi connectivity index (χ0n) is 16.7. The van der Waals surface area contributed by atoms with Gasteiger partial charge in [-0.25, -0.2) is 0 Å². The second-order valence-corrected chi connectivity index (χ2v) is 7.11. The number of carbonyl (C=O) groups excluding carboxylic acids is 2. The van der Waals surface area contributed by atoms with E-state index < -0.39 is 11.9 Å². The van der Waals surface area contributed by atoms with Crippen LogP contribution in [-0.2, 0) is 14.3 Å². The normalized spacial score (nSPS) is 16.4. The van der Waals surface area contributed by atoms with Crippen molar-refractivity contribution < 1.29 is 14.3 Å². The number of nitrogens with one attached hydrogen (secondary N) is 1. The average Bonchev–Trinajstić information content (AvgIpc) is 3.29. The van der Waals surface area contributed by atoms with Crippen LogP contribution in [0.5, 0.6) is 0 Å². The van der Waals surface area contributed by atoms with Crippen molar-refractivity contribution in [3.05, 3.63) is 36.4 Å². The number of carbonyl (C=O) groups is 2. The Bertz CT molecular complexity index is 724. The number of unbranched alkanes of at least 4 members (excludes halogenated alkanes) is 8. The maximum atomic E-state index is 11.2. The number of nitrogens with zero attached hydrogens (tertiary/aromatic N) is 2. The summed E-state index contributed by atoms with van der Waals surface area (Å²) in [5.41, 5.74) is 1.83. The number of para-hydroxylation sites is 2. The summed E-state index contributed by atoms with van der Waals surface area (Å²) in [4.78, 5) is 22.1. The molecule has 0 radical (unpaired) electrons. The minimum Gasteiger partial charge on any atom is -0.393 e. The lowest BCUT2D eigenvalue weighted by Crippen LogP contribution is -2.03. The molecule has 0 saturated carbocycles. The molecular weight excluding hydrogens is 354 g/mol. The van der Waals surface area contributed by atoms with Gasteiger partial charge in [-0.15, -0.1) is 0 Å². The first kappa shape index (κ1) is 21.8. The Hall–Kier alpha value is -2.50. The van der Waals surface area contributed by atoms with Crippen molar-refractivity contribution in [2.45, 2.75) is 71.1 Å². The number of benzene rings is 1. The van der Waals surface area contributed by atoms with Crippen molar-refractivity contribution >= 4 is 23.0 Å². The number of allylic oxidation sites excluding steroid dienone is 1. The molecule has 0 aliphatic carbocycles. The van der Waals surface area contributed by atoms with E-state index in [4.69, 9.17) is 0 Å². The lowest BCUT2D eigenvalue weighted by atomic mass is 10.0. The van der Waals surface area contributed by atoms with E-state index in [-0.39, 0.29) is 12.3 Å². The van der Waals surface area contributed by atoms with E-state index in [1.54, 1.807) is 0 Å². The topological polar surface area (TPSA) is 84.9 Å². The first-order chi connectivity index (χ1) is 13.7. The van der Waals surface area contributed by atoms with Gasteiger partial charge in [-0.3, -0.25) is 9.59 Å². The van der Waals surface area contributed by atoms with Gasteiger partial charge in [0.25, 0.3) is 0 Å². The number of rotatable bonds is 10. The lowest BCUT2D eigenvalue weighted by Gasteiger charge is -2.00. The van der Waals surface area contributed by atoms with E-state index >= 15 is 0 Å². The maximum Gasteiger partial charge on any atom is 0.321 e. The highest BCUT2D eigenvalue weighted by atomic mass is 16.6. The molecule has 1 saturated heterocycles. The summed E-state index contributed by atoms with van der Waals surface area (Å²) in [5.74, 6) is -1.12. The molecule has 1 aliphatic heterocycles. The van der Waals surface area contributed by atoms with Crippen LogP contribution in [0, 0.1) is 5.92 Å². The van der Waals surface area contributed by atoms with Crippen LogP contribution in [0.1, 0.15) is 71.1 Å². The van der Waals surface area contributed by atoms with Gasteiger partial charge in [0.15, 0.2) is 0 Å². The zero-order chi connectivity index (χ0) is 20.0. The second-order valence-electron chi connectivity index (χ2n) is 7.11. The first-order valence-electron chi connectivity index (χ1n) is 10.4. The highest BCUT2D eigenvalue weighted by molar-refractivity contribution is 5.95. The predicted octanol–water partition coefficient (Wildman–Crippen LogP) is 5.12. The molecule has 6 nitrogen and oxygen atoms in total. The third kappa shape index (κ3) is 8.03. The van der Waals surface area contributed by atoms with Crippen molar-refractivity contribution in [1.29, 1.82) is 0 Å². The van der Waals surface area contributed by atoms with Crippen molar-refractivity contribution in [1.82, 2.24) is 15.4 Å². The quantitative estimate of drug-likeness (QED) is 0.265. The van der Waals surface area contributed by atoms with Gasteiger partial charge in [-0.2, -0.15) is 15.4 Å². The van der Waals surface area contributed by atoms with Gasteiger partial charge in [0.2, 0.25) is 0 Å². The third-order valence-electron chi connectivity index (χ3n) is 4.72. The Morgan fingerprint density at radius 2 is 1.61 bits per heavy atom. The molecule has 1 fully saturated rings. The molecule has 6 heteroatoms. The Morgan fingerprint density at radius 1 is 1.00 bits per heavy atom. The van der Waals surface area contributed by atoms with E-state index in [1.165, 1.54) is 51.4 Å². The van der Waals surface area contributed by atoms with Crippen LogP contribution in [0.4, 0.5) is 0 Å². The van der Waals surface area contributed by atoms with Crippen molar-refractivity contribution in [3.8, 4) is 0 Å². The van der Waals surface area contributed by atoms with Gasteiger partial charge in [0.1, 0.15) is 11.0 Å². The van der Waals surface area contributed by atoms with E-state index in [0.717, 1.165) is 17.5 Å². The fourth-order valence-corrected chi connectivity index (χ4v) is 3.08. The number of fused-ring (bicyclic) bond motifs is 1. The number of esters is 2. The van der Waals surface area contributed by atoms with Crippen LogP contribution >= 0.6 is 0 Å². The number of cyclic esters (lactones) is 2. The van der Waals surface area contributed by atoms with E-state index in [0.29, 0.717) is 0 Å². The number of aromatic amines is 1. The predicted molar refractivity (Wildman–Crippen MR) is 109 cm³/mol. The van der Waals surface area contributed by atoms with E-state index in [2.05, 4.69) is 27.1 Å². The molecule has 1 atom stereocenters. The Balaban J connectivity index is 0.000000255. The fraction of sp³-hybridized carbons (Fsp3) is 0.545. The van der Waals surface area contributed by atoms with Crippen LogP contribution < -0.4 is 0 Å². The van der Waals surface area contributed by atoms with Gasteiger partial charge >= 0.3 is 11.9 Å². The van der Waals surface area contributed by atoms with Gasteiger partial charge in [-0.05, 0) is 25.0 Å². The molecule has 1 aromatic carbocycles. The first-order valence-corrected chi connectivity index (χ1v) is 10.4. The molecule has 1 unspecified atom stereocenters. The van der Waals surface area contributed by atoms with Gasteiger partial charge in [0.05, 0.1) is 12.3 Å². The smallest absolute Gasteiger partial charge is 0.321 e. The number of aromatic nitrogens is 3. The van der Waals surface area contributed by atoms with Crippen LogP contribution in [0.15, 0.2) is 36.4 Å². The molecule has 3 rings (SSSR count). The SMILES string of the molecule is CCCCCCCCCC/C=C/C1CC(=O)OC1=O.c1ccc2n[nH]nc2c1. The van der Waals surface area contributed by atoms with Crippen molar-refractivity contribution in [3.63, 3.8) is 0 Å². The largest absolute Gasteiger partial charge is 0.393 e. The summed E-state index contributed by atoms with van der Waals surface area (Å²) in [6.45, 7) is 2.24. The molecule has 0 bridgehead atoms. The molecular formula is C22H31N3O3. The summed E-state index contributed by atoms with van der Waals surface area (Å²) < 4.78 is 4.49. The Kier molecular flexibility index (Phi) is 9.97. The summed E-state index contributed by atoms with van der Waals surface area (Å²) in [6.07, 6.45) is 15.5. The second kappa shape index (κ2) is 12.8. The van der Waals surface area contributed by atoms with Crippen molar-refractivity contribution in [2.75, 3.05) is 0 Å². The van der Waals surface area contributed by atoms with E-state index in [9.17, 15) is 9.59 Å². The number of ether oxygens (including phenoxy) is 1. The minimum atomic E-state index is -0.397. The van der Waals surface area contributed by atoms with Gasteiger partial charge in [0, 0.05) is 0 Å². The molecule has 1 N–H and O–H groups in total. The number of hydrogen-bond acceptors (Lipinski definition) is 5. The Morgan fingerprint density at radius 3 is 2.18 bits per heavy atom. The monoisotopic (exact) mass is 385 g/mol. The molecule has 152 valence electrons. The average molecular weight is 386 g/mol. The van der Waals surface area contributed by atoms with Crippen molar-refractivity contribution in [2.24, 2.45) is 5.92 Å². The summed E-state index contributed by atoms with van der Waals surface area (Å²) in [7, 11) is 0. The fourth-order valence-electron chi connectivity index (χ4n) is 3.08. The summed E-state index contributed by atoms with van der Waals surface area (Å²) in [6, 6.07) is 7.70. The minimum absolute atomic E-state index is 0.215. The summed E-state index contributed by atoms with van der Waals surface area (Å²) in [5, 5.41) is 10.3. The van der Waals surface area contributed by atoms with Crippen LogP contribution in [0.3, 0.4) is 0 Å². The molecule has 1 aromatic heterocycles. The van der Waals surface area contributed by atoms with Crippen LogP contribution in [-0.4, -0.2) is 27.3 Å². The standard InChI is InChI=1S/C16H26O3.C6H5N3/c1-2-3-4-5-6-7-8-9-10-11-12-14-13-15(17)19-16(14)18;1-2-4-6-5(3-1)7-9-8-6/h11-12,14H,2-10,13H2,1H3;1-4H,(H,7,8,9)/b12-11+;.